The summed E-state index contributed by atoms with van der Waals surface area (Å²) in [5.41, 5.74) is 6.73. The van der Waals surface area contributed by atoms with Crippen molar-refractivity contribution in [1.29, 1.82) is 0 Å². The van der Waals surface area contributed by atoms with E-state index in [9.17, 15) is 9.59 Å². The number of thiophene rings is 1. The number of nitrogens with one attached hydrogen (secondary N) is 1. The van der Waals surface area contributed by atoms with E-state index in [1.54, 1.807) is 31.3 Å². The lowest BCUT2D eigenvalue weighted by Crippen LogP contribution is -2.16. The molecule has 0 atom stereocenters. The Hall–Kier alpha value is -3.19. The molecule has 0 aliphatic carbocycles. The van der Waals surface area contributed by atoms with Gasteiger partial charge in [-0.05, 0) is 56.5 Å². The van der Waals surface area contributed by atoms with E-state index in [1.165, 1.54) is 11.3 Å². The summed E-state index contributed by atoms with van der Waals surface area (Å²) in [5, 5.41) is 5.92. The third-order valence-corrected chi connectivity index (χ3v) is 5.07. The fourth-order valence-corrected chi connectivity index (χ4v) is 3.54. The van der Waals surface area contributed by atoms with Gasteiger partial charge in [0.15, 0.2) is 0 Å². The van der Waals surface area contributed by atoms with Crippen molar-refractivity contribution in [2.45, 2.75) is 20.8 Å². The van der Waals surface area contributed by atoms with Crippen molar-refractivity contribution in [3.05, 3.63) is 75.2 Å². The zero-order chi connectivity index (χ0) is 20.1. The first-order valence-electron chi connectivity index (χ1n) is 8.84. The SMILES string of the molecule is CCOC(=O)c1cccc(-n2c(C)cc(/C=N\NC(=O)c3cccs3)c2C)c1. The van der Waals surface area contributed by atoms with Gasteiger partial charge in [0.1, 0.15) is 0 Å². The van der Waals surface area contributed by atoms with Crippen LogP contribution in [0.25, 0.3) is 5.69 Å². The third-order valence-electron chi connectivity index (χ3n) is 4.20. The first-order valence-corrected chi connectivity index (χ1v) is 9.72. The number of nitrogens with zero attached hydrogens (tertiary/aromatic N) is 2. The van der Waals surface area contributed by atoms with Gasteiger partial charge in [-0.25, -0.2) is 10.2 Å². The van der Waals surface area contributed by atoms with Crippen LogP contribution in [0.3, 0.4) is 0 Å². The Morgan fingerprint density at radius 2 is 2.04 bits per heavy atom. The van der Waals surface area contributed by atoms with Gasteiger partial charge in [-0.2, -0.15) is 5.10 Å². The van der Waals surface area contributed by atoms with Crippen LogP contribution in [0.2, 0.25) is 0 Å². The average Bonchev–Trinajstić information content (AvgIpc) is 3.31. The lowest BCUT2D eigenvalue weighted by atomic mass is 10.2. The van der Waals surface area contributed by atoms with Crippen LogP contribution in [0, 0.1) is 13.8 Å². The quantitative estimate of drug-likeness (QED) is 0.388. The average molecular weight is 395 g/mol. The second kappa shape index (κ2) is 8.67. The highest BCUT2D eigenvalue weighted by Crippen LogP contribution is 2.21. The van der Waals surface area contributed by atoms with Gasteiger partial charge in [0.05, 0.1) is 23.3 Å². The van der Waals surface area contributed by atoms with Crippen molar-refractivity contribution in [3.8, 4) is 5.69 Å². The first kappa shape index (κ1) is 19.6. The molecule has 0 unspecified atom stereocenters. The Labute approximate surface area is 167 Å². The summed E-state index contributed by atoms with van der Waals surface area (Å²) in [6.45, 7) is 6.06. The largest absolute Gasteiger partial charge is 0.462 e. The standard InChI is InChI=1S/C21H21N3O3S/c1-4-27-21(26)16-7-5-8-18(12-16)24-14(2)11-17(15(24)3)13-22-23-20(25)19-9-6-10-28-19/h5-13H,4H2,1-3H3,(H,23,25)/b22-13-. The molecule has 1 aromatic carbocycles. The molecule has 1 N–H and O–H groups in total. The van der Waals surface area contributed by atoms with Crippen LogP contribution in [0.5, 0.6) is 0 Å². The molecule has 144 valence electrons. The van der Waals surface area contributed by atoms with Crippen LogP contribution >= 0.6 is 11.3 Å². The number of carbonyl (C=O) groups excluding carboxylic acids is 2. The zero-order valence-electron chi connectivity index (χ0n) is 15.9. The molecule has 0 fully saturated rings. The van der Waals surface area contributed by atoms with Crippen LogP contribution in [0.1, 0.15) is 43.9 Å². The number of hydrazone groups is 1. The summed E-state index contributed by atoms with van der Waals surface area (Å²) in [5.74, 6) is -0.577. The predicted octanol–water partition coefficient (Wildman–Crippen LogP) is 4.10. The van der Waals surface area contributed by atoms with Gasteiger partial charge in [0.2, 0.25) is 0 Å². The molecule has 0 aliphatic heterocycles. The Morgan fingerprint density at radius 3 is 2.75 bits per heavy atom. The number of benzene rings is 1. The molecule has 0 spiro atoms. The van der Waals surface area contributed by atoms with E-state index < -0.39 is 0 Å². The second-order valence-corrected chi connectivity index (χ2v) is 7.06. The van der Waals surface area contributed by atoms with Crippen molar-refractivity contribution in [2.75, 3.05) is 6.61 Å². The predicted molar refractivity (Wildman–Crippen MR) is 111 cm³/mol. The van der Waals surface area contributed by atoms with Gasteiger partial charge < -0.3 is 9.30 Å². The van der Waals surface area contributed by atoms with Gasteiger partial charge in [0, 0.05) is 22.6 Å². The lowest BCUT2D eigenvalue weighted by molar-refractivity contribution is 0.0526. The maximum atomic E-state index is 12.0. The maximum Gasteiger partial charge on any atom is 0.338 e. The Balaban J connectivity index is 1.82. The number of hydrogen-bond donors (Lipinski definition) is 1. The van der Waals surface area contributed by atoms with Gasteiger partial charge in [-0.1, -0.05) is 12.1 Å². The number of esters is 1. The summed E-state index contributed by atoms with van der Waals surface area (Å²) in [6.07, 6.45) is 1.62. The van der Waals surface area contributed by atoms with Gasteiger partial charge in [-0.3, -0.25) is 4.79 Å². The number of hydrogen-bond acceptors (Lipinski definition) is 5. The van der Waals surface area contributed by atoms with Crippen LogP contribution < -0.4 is 5.43 Å². The van der Waals surface area contributed by atoms with Gasteiger partial charge in [0.25, 0.3) is 5.91 Å². The molecule has 6 nitrogen and oxygen atoms in total. The molecule has 3 rings (SSSR count). The molecule has 0 aliphatic rings. The van der Waals surface area contributed by atoms with E-state index >= 15 is 0 Å². The Kier molecular flexibility index (Phi) is 6.06. The van der Waals surface area contributed by atoms with E-state index in [0.29, 0.717) is 17.0 Å². The van der Waals surface area contributed by atoms with Gasteiger partial charge in [-0.15, -0.1) is 11.3 Å². The van der Waals surface area contributed by atoms with E-state index in [-0.39, 0.29) is 11.9 Å². The minimum Gasteiger partial charge on any atom is -0.462 e. The minimum absolute atomic E-state index is 0.234. The van der Waals surface area contributed by atoms with Crippen molar-refractivity contribution < 1.29 is 14.3 Å². The topological polar surface area (TPSA) is 72.7 Å². The molecule has 0 saturated heterocycles. The monoisotopic (exact) mass is 395 g/mol. The zero-order valence-corrected chi connectivity index (χ0v) is 16.7. The van der Waals surface area contributed by atoms with Crippen LogP contribution in [0.4, 0.5) is 0 Å². The van der Waals surface area contributed by atoms with E-state index in [0.717, 1.165) is 22.6 Å². The van der Waals surface area contributed by atoms with Gasteiger partial charge >= 0.3 is 5.97 Å². The Morgan fingerprint density at radius 1 is 1.21 bits per heavy atom. The molecule has 2 aromatic heterocycles. The molecule has 0 saturated carbocycles. The molecule has 2 heterocycles. The van der Waals surface area contributed by atoms with Crippen LogP contribution in [0.15, 0.2) is 52.9 Å². The normalized spacial score (nSPS) is 11.0. The molecular formula is C21H21N3O3S. The molecular weight excluding hydrogens is 374 g/mol. The van der Waals surface area contributed by atoms with Crippen molar-refractivity contribution in [2.24, 2.45) is 5.10 Å². The second-order valence-electron chi connectivity index (χ2n) is 6.11. The number of carbonyl (C=O) groups is 2. The van der Waals surface area contributed by atoms with Crippen molar-refractivity contribution in [1.82, 2.24) is 9.99 Å². The smallest absolute Gasteiger partial charge is 0.338 e. The summed E-state index contributed by atoms with van der Waals surface area (Å²) in [4.78, 5) is 24.6. The van der Waals surface area contributed by atoms with E-state index in [4.69, 9.17) is 4.74 Å². The highest BCUT2D eigenvalue weighted by molar-refractivity contribution is 7.12. The molecule has 3 aromatic rings. The molecule has 0 bridgehead atoms. The maximum absolute atomic E-state index is 12.0. The number of ether oxygens (including phenoxy) is 1. The van der Waals surface area contributed by atoms with E-state index in [2.05, 4.69) is 10.5 Å². The third kappa shape index (κ3) is 4.20. The molecule has 1 amide bonds. The van der Waals surface area contributed by atoms with Crippen LogP contribution in [-0.4, -0.2) is 29.3 Å². The molecule has 0 radical (unpaired) electrons. The lowest BCUT2D eigenvalue weighted by Gasteiger charge is -2.11. The Bertz CT molecular complexity index is 1020. The number of rotatable bonds is 6. The number of aromatic nitrogens is 1. The highest BCUT2D eigenvalue weighted by Gasteiger charge is 2.13. The first-order chi connectivity index (χ1) is 13.5. The number of aryl methyl sites for hydroxylation is 1. The summed E-state index contributed by atoms with van der Waals surface area (Å²) < 4.78 is 7.11. The molecule has 7 heteroatoms. The van der Waals surface area contributed by atoms with Crippen LogP contribution in [-0.2, 0) is 4.74 Å². The fourth-order valence-electron chi connectivity index (χ4n) is 2.93. The highest BCUT2D eigenvalue weighted by atomic mass is 32.1. The van der Waals surface area contributed by atoms with Crippen molar-refractivity contribution in [3.63, 3.8) is 0 Å². The minimum atomic E-state index is -0.343. The van der Waals surface area contributed by atoms with Crippen molar-refractivity contribution >= 4 is 29.4 Å². The van der Waals surface area contributed by atoms with E-state index in [1.807, 2.05) is 48.1 Å². The fraction of sp³-hybridized carbons (Fsp3) is 0.190. The summed E-state index contributed by atoms with van der Waals surface area (Å²) in [6, 6.07) is 12.8. The number of amides is 1. The summed E-state index contributed by atoms with van der Waals surface area (Å²) in [7, 11) is 0. The molecule has 28 heavy (non-hydrogen) atoms. The summed E-state index contributed by atoms with van der Waals surface area (Å²) >= 11 is 1.36.